The average molecular weight is 285 g/mol. The third-order valence-electron chi connectivity index (χ3n) is 3.04. The first-order valence-electron chi connectivity index (χ1n) is 6.66. The fraction of sp³-hybridized carbons (Fsp3) is 0.200. The van der Waals surface area contributed by atoms with Crippen LogP contribution in [0.3, 0.4) is 0 Å². The van der Waals surface area contributed by atoms with Gasteiger partial charge in [0.1, 0.15) is 5.82 Å². The molecule has 2 amide bonds. The molecule has 108 valence electrons. The first-order valence-corrected chi connectivity index (χ1v) is 6.66. The summed E-state index contributed by atoms with van der Waals surface area (Å²) in [6.45, 7) is 0.793. The Balaban J connectivity index is 1.46. The number of nitrogens with one attached hydrogen (secondary N) is 2. The van der Waals surface area contributed by atoms with E-state index in [1.165, 1.54) is 0 Å². The Hall–Kier alpha value is -2.76. The van der Waals surface area contributed by atoms with E-state index in [4.69, 9.17) is 9.47 Å². The van der Waals surface area contributed by atoms with E-state index in [-0.39, 0.29) is 12.8 Å². The molecule has 0 unspecified atom stereocenters. The van der Waals surface area contributed by atoms with Crippen LogP contribution >= 0.6 is 0 Å². The number of nitrogens with zero attached hydrogens (tertiary/aromatic N) is 1. The monoisotopic (exact) mass is 285 g/mol. The van der Waals surface area contributed by atoms with Gasteiger partial charge in [0, 0.05) is 12.7 Å². The van der Waals surface area contributed by atoms with E-state index in [9.17, 15) is 4.79 Å². The molecule has 0 bridgehead atoms. The number of aromatic nitrogens is 1. The second-order valence-corrected chi connectivity index (χ2v) is 4.53. The number of rotatable bonds is 4. The van der Waals surface area contributed by atoms with Gasteiger partial charge in [0.15, 0.2) is 11.5 Å². The van der Waals surface area contributed by atoms with Gasteiger partial charge in [0.2, 0.25) is 6.79 Å². The molecule has 0 saturated heterocycles. The second kappa shape index (κ2) is 6.13. The number of urea groups is 1. The summed E-state index contributed by atoms with van der Waals surface area (Å²) in [7, 11) is 0. The molecular formula is C15H15N3O3. The number of carbonyl (C=O) groups is 1. The Kier molecular flexibility index (Phi) is 3.86. The lowest BCUT2D eigenvalue weighted by molar-refractivity contribution is 0.174. The Labute approximate surface area is 122 Å². The lowest BCUT2D eigenvalue weighted by atomic mass is 10.1. The fourth-order valence-corrected chi connectivity index (χ4v) is 2.01. The summed E-state index contributed by atoms with van der Waals surface area (Å²) >= 11 is 0. The fourth-order valence-electron chi connectivity index (χ4n) is 2.01. The van der Waals surface area contributed by atoms with E-state index in [1.54, 1.807) is 18.3 Å². The summed E-state index contributed by atoms with van der Waals surface area (Å²) in [5.41, 5.74) is 1.08. The van der Waals surface area contributed by atoms with Gasteiger partial charge in [-0.15, -0.1) is 0 Å². The SMILES string of the molecule is O=C(NCCc1ccc2c(c1)OCO2)Nc1ccccn1. The van der Waals surface area contributed by atoms with Crippen LogP contribution < -0.4 is 20.1 Å². The minimum Gasteiger partial charge on any atom is -0.454 e. The van der Waals surface area contributed by atoms with Crippen molar-refractivity contribution < 1.29 is 14.3 Å². The summed E-state index contributed by atoms with van der Waals surface area (Å²) in [4.78, 5) is 15.7. The minimum atomic E-state index is -0.269. The van der Waals surface area contributed by atoms with E-state index in [0.29, 0.717) is 18.8 Å². The minimum absolute atomic E-state index is 0.267. The molecule has 0 fully saturated rings. The smallest absolute Gasteiger partial charge is 0.320 e. The van der Waals surface area contributed by atoms with Crippen LogP contribution in [0.2, 0.25) is 0 Å². The van der Waals surface area contributed by atoms with Gasteiger partial charge in [-0.1, -0.05) is 12.1 Å². The van der Waals surface area contributed by atoms with Crippen LogP contribution in [0.5, 0.6) is 11.5 Å². The van der Waals surface area contributed by atoms with Crippen molar-refractivity contribution >= 4 is 11.8 Å². The molecule has 2 N–H and O–H groups in total. The highest BCUT2D eigenvalue weighted by atomic mass is 16.7. The van der Waals surface area contributed by atoms with Crippen molar-refractivity contribution in [1.82, 2.24) is 10.3 Å². The highest BCUT2D eigenvalue weighted by Gasteiger charge is 2.13. The van der Waals surface area contributed by atoms with Crippen LogP contribution in [0, 0.1) is 0 Å². The van der Waals surface area contributed by atoms with Gasteiger partial charge < -0.3 is 14.8 Å². The molecule has 0 saturated carbocycles. The first kappa shape index (κ1) is 13.2. The number of benzene rings is 1. The molecule has 0 atom stereocenters. The van der Waals surface area contributed by atoms with Crippen LogP contribution in [-0.4, -0.2) is 24.4 Å². The number of ether oxygens (including phenoxy) is 2. The van der Waals surface area contributed by atoms with Crippen LogP contribution in [0.25, 0.3) is 0 Å². The van der Waals surface area contributed by atoms with Crippen molar-refractivity contribution in [3.8, 4) is 11.5 Å². The Morgan fingerprint density at radius 3 is 2.95 bits per heavy atom. The maximum Gasteiger partial charge on any atom is 0.320 e. The van der Waals surface area contributed by atoms with Crippen molar-refractivity contribution in [1.29, 1.82) is 0 Å². The van der Waals surface area contributed by atoms with Gasteiger partial charge >= 0.3 is 6.03 Å². The lowest BCUT2D eigenvalue weighted by Crippen LogP contribution is -2.30. The maximum absolute atomic E-state index is 11.7. The molecule has 0 spiro atoms. The number of anilines is 1. The first-order chi connectivity index (χ1) is 10.3. The summed E-state index contributed by atoms with van der Waals surface area (Å²) in [6.07, 6.45) is 2.34. The topological polar surface area (TPSA) is 72.5 Å². The number of pyridine rings is 1. The van der Waals surface area contributed by atoms with Gasteiger partial charge in [-0.3, -0.25) is 5.32 Å². The molecule has 1 aliphatic rings. The summed E-state index contributed by atoms with van der Waals surface area (Å²) < 4.78 is 10.6. The van der Waals surface area contributed by atoms with Crippen molar-refractivity contribution in [2.45, 2.75) is 6.42 Å². The van der Waals surface area contributed by atoms with Crippen molar-refractivity contribution in [3.05, 3.63) is 48.2 Å². The predicted octanol–water partition coefficient (Wildman–Crippen LogP) is 2.17. The normalized spacial score (nSPS) is 12.0. The maximum atomic E-state index is 11.7. The van der Waals surface area contributed by atoms with E-state index < -0.39 is 0 Å². The lowest BCUT2D eigenvalue weighted by Gasteiger charge is -2.07. The molecule has 1 aromatic carbocycles. The molecule has 21 heavy (non-hydrogen) atoms. The van der Waals surface area contributed by atoms with E-state index in [0.717, 1.165) is 17.1 Å². The molecule has 1 aliphatic heterocycles. The van der Waals surface area contributed by atoms with Crippen molar-refractivity contribution in [3.63, 3.8) is 0 Å². The highest BCUT2D eigenvalue weighted by molar-refractivity contribution is 5.88. The van der Waals surface area contributed by atoms with Gasteiger partial charge in [0.05, 0.1) is 0 Å². The van der Waals surface area contributed by atoms with Crippen LogP contribution in [0.15, 0.2) is 42.6 Å². The Morgan fingerprint density at radius 1 is 1.19 bits per heavy atom. The molecular weight excluding hydrogens is 270 g/mol. The zero-order chi connectivity index (χ0) is 14.5. The van der Waals surface area contributed by atoms with Gasteiger partial charge in [-0.25, -0.2) is 9.78 Å². The quantitative estimate of drug-likeness (QED) is 0.903. The zero-order valence-corrected chi connectivity index (χ0v) is 11.3. The van der Waals surface area contributed by atoms with Crippen molar-refractivity contribution in [2.24, 2.45) is 0 Å². The standard InChI is InChI=1S/C15H15N3O3/c19-15(18-14-3-1-2-7-16-14)17-8-6-11-4-5-12-13(9-11)21-10-20-12/h1-5,7,9H,6,8,10H2,(H2,16,17,18,19). The van der Waals surface area contributed by atoms with E-state index >= 15 is 0 Å². The molecule has 3 rings (SSSR count). The second-order valence-electron chi connectivity index (χ2n) is 4.53. The number of fused-ring (bicyclic) bond motifs is 1. The Morgan fingerprint density at radius 2 is 2.10 bits per heavy atom. The molecule has 2 heterocycles. The summed E-state index contributed by atoms with van der Waals surface area (Å²) in [6, 6.07) is 10.8. The summed E-state index contributed by atoms with van der Waals surface area (Å²) in [5, 5.41) is 5.45. The molecule has 6 heteroatoms. The highest BCUT2D eigenvalue weighted by Crippen LogP contribution is 2.32. The van der Waals surface area contributed by atoms with Crippen molar-refractivity contribution in [2.75, 3.05) is 18.7 Å². The molecule has 1 aromatic heterocycles. The van der Waals surface area contributed by atoms with Gasteiger partial charge in [-0.05, 0) is 36.2 Å². The third kappa shape index (κ3) is 3.42. The number of carbonyl (C=O) groups excluding carboxylic acids is 1. The van der Waals surface area contributed by atoms with Gasteiger partial charge in [-0.2, -0.15) is 0 Å². The van der Waals surface area contributed by atoms with Crippen LogP contribution in [0.1, 0.15) is 5.56 Å². The predicted molar refractivity (Wildman–Crippen MR) is 77.5 cm³/mol. The Bertz CT molecular complexity index is 631. The molecule has 2 aromatic rings. The molecule has 0 aliphatic carbocycles. The van der Waals surface area contributed by atoms with E-state index in [1.807, 2.05) is 24.3 Å². The van der Waals surface area contributed by atoms with E-state index in [2.05, 4.69) is 15.6 Å². The largest absolute Gasteiger partial charge is 0.454 e. The van der Waals surface area contributed by atoms with Crippen LogP contribution in [0.4, 0.5) is 10.6 Å². The number of hydrogen-bond donors (Lipinski definition) is 2. The molecule has 0 radical (unpaired) electrons. The zero-order valence-electron chi connectivity index (χ0n) is 11.3. The van der Waals surface area contributed by atoms with Crippen LogP contribution in [-0.2, 0) is 6.42 Å². The number of amides is 2. The summed E-state index contributed by atoms with van der Waals surface area (Å²) in [5.74, 6) is 2.04. The third-order valence-corrected chi connectivity index (χ3v) is 3.04. The average Bonchev–Trinajstić information content (AvgIpc) is 2.96. The number of hydrogen-bond acceptors (Lipinski definition) is 4. The molecule has 6 nitrogen and oxygen atoms in total. The van der Waals surface area contributed by atoms with Gasteiger partial charge in [0.25, 0.3) is 0 Å².